The summed E-state index contributed by atoms with van der Waals surface area (Å²) >= 11 is 0. The van der Waals surface area contributed by atoms with Gasteiger partial charge in [0, 0.05) is 17.5 Å². The van der Waals surface area contributed by atoms with Crippen LogP contribution in [0.4, 0.5) is 0 Å². The number of allylic oxidation sites excluding steroid dienone is 4. The zero-order valence-corrected chi connectivity index (χ0v) is 39.4. The van der Waals surface area contributed by atoms with Gasteiger partial charge in [-0.1, -0.05) is 229 Å². The first kappa shape index (κ1) is 40.8. The summed E-state index contributed by atoms with van der Waals surface area (Å²) in [5.74, 6) is 1.95. The Morgan fingerprint density at radius 3 is 1.14 bits per heavy atom. The molecule has 10 rings (SSSR count). The molecule has 0 fully saturated rings. The van der Waals surface area contributed by atoms with Gasteiger partial charge in [0.25, 0.3) is 0 Å². The summed E-state index contributed by atoms with van der Waals surface area (Å²) in [6, 6.07) is 67.0. The van der Waals surface area contributed by atoms with Crippen LogP contribution in [0.1, 0.15) is 59.1 Å². The standard InChI is InChI=1S/C59H56O2Si2/c1-58(2,3)62(46-28-11-7-12-29-46,47-30-13-8-14-31-47)60-54-40-44-24-19-21-36-50(44)56-52(54)38-42-26-23-27-43(42)39-53-55(41-45-25-20-22-37-51(45)57(53)56)61-63(59(4,5)6,48-32-15-9-16-33-48)49-34-17-10-18-35-49/h7-26,28-37,40-41H,27,38-39H2,1-6H3. The van der Waals surface area contributed by atoms with Crippen molar-refractivity contribution in [1.29, 1.82) is 0 Å². The normalized spacial score (nSPS) is 14.2. The van der Waals surface area contributed by atoms with E-state index in [-0.39, 0.29) is 10.1 Å². The molecule has 0 unspecified atom stereocenters. The van der Waals surface area contributed by atoms with Crippen molar-refractivity contribution < 1.29 is 8.85 Å². The van der Waals surface area contributed by atoms with E-state index in [1.807, 2.05) is 0 Å². The average Bonchev–Trinajstić information content (AvgIpc) is 3.72. The van der Waals surface area contributed by atoms with Crippen molar-refractivity contribution in [3.05, 3.63) is 216 Å². The van der Waals surface area contributed by atoms with Crippen LogP contribution in [0.25, 0.3) is 32.7 Å². The maximum Gasteiger partial charge on any atom is 0.319 e. The van der Waals surface area contributed by atoms with E-state index >= 15 is 0 Å². The van der Waals surface area contributed by atoms with Crippen LogP contribution < -0.4 is 29.6 Å². The fourth-order valence-corrected chi connectivity index (χ4v) is 19.7. The monoisotopic (exact) mass is 852 g/mol. The van der Waals surface area contributed by atoms with Crippen molar-refractivity contribution in [2.45, 2.75) is 70.9 Å². The largest absolute Gasteiger partial charge is 0.534 e. The fourth-order valence-electron chi connectivity index (χ4n) is 10.8. The number of fused-ring (bicyclic) bond motifs is 7. The third kappa shape index (κ3) is 6.83. The van der Waals surface area contributed by atoms with Crippen LogP contribution in [-0.2, 0) is 12.8 Å². The van der Waals surface area contributed by atoms with Crippen molar-refractivity contribution in [3.63, 3.8) is 0 Å². The van der Waals surface area contributed by atoms with E-state index in [2.05, 4.69) is 236 Å². The van der Waals surface area contributed by atoms with Crippen LogP contribution in [0.3, 0.4) is 0 Å². The van der Waals surface area contributed by atoms with Gasteiger partial charge >= 0.3 is 16.6 Å². The second kappa shape index (κ2) is 15.9. The lowest BCUT2D eigenvalue weighted by Crippen LogP contribution is -2.69. The number of hydrogen-bond acceptors (Lipinski definition) is 2. The Kier molecular flexibility index (Phi) is 10.3. The molecule has 0 bridgehead atoms. The zero-order chi connectivity index (χ0) is 43.4. The lowest BCUT2D eigenvalue weighted by Gasteiger charge is -2.44. The van der Waals surface area contributed by atoms with E-state index in [1.54, 1.807) is 0 Å². The van der Waals surface area contributed by atoms with Crippen molar-refractivity contribution in [2.75, 3.05) is 0 Å². The highest BCUT2D eigenvalue weighted by atomic mass is 28.4. The van der Waals surface area contributed by atoms with Gasteiger partial charge in [0.05, 0.1) is 0 Å². The van der Waals surface area contributed by atoms with Crippen LogP contribution in [0, 0.1) is 0 Å². The molecule has 0 heterocycles. The summed E-state index contributed by atoms with van der Waals surface area (Å²) in [6.45, 7) is 14.3. The summed E-state index contributed by atoms with van der Waals surface area (Å²) in [4.78, 5) is 0. The van der Waals surface area contributed by atoms with Gasteiger partial charge in [-0.05, 0) is 94.0 Å². The Morgan fingerprint density at radius 2 is 0.762 bits per heavy atom. The predicted molar refractivity (Wildman–Crippen MR) is 272 cm³/mol. The molecular weight excluding hydrogens is 797 g/mol. The highest BCUT2D eigenvalue weighted by Crippen LogP contribution is 2.52. The number of rotatable bonds is 8. The minimum atomic E-state index is -3.04. The molecule has 312 valence electrons. The quantitative estimate of drug-likeness (QED) is 0.142. The molecule has 0 radical (unpaired) electrons. The van der Waals surface area contributed by atoms with Crippen molar-refractivity contribution in [2.24, 2.45) is 0 Å². The molecule has 2 nitrogen and oxygen atoms in total. The lowest BCUT2D eigenvalue weighted by atomic mass is 9.80. The van der Waals surface area contributed by atoms with Gasteiger partial charge < -0.3 is 8.85 Å². The Bertz CT molecular complexity index is 2950. The fraction of sp³-hybridized carbons (Fsp3) is 0.186. The Balaban J connectivity index is 1.32. The van der Waals surface area contributed by atoms with Gasteiger partial charge in [-0.25, -0.2) is 0 Å². The molecule has 0 amide bonds. The molecule has 8 aromatic rings. The second-order valence-corrected chi connectivity index (χ2v) is 28.0. The van der Waals surface area contributed by atoms with Crippen LogP contribution in [0.2, 0.25) is 10.1 Å². The predicted octanol–water partition coefficient (Wildman–Crippen LogP) is 12.9. The molecule has 0 N–H and O–H groups in total. The van der Waals surface area contributed by atoms with Crippen molar-refractivity contribution in [1.82, 2.24) is 0 Å². The third-order valence-electron chi connectivity index (χ3n) is 13.7. The Labute approximate surface area is 375 Å². The Morgan fingerprint density at radius 1 is 0.413 bits per heavy atom. The summed E-state index contributed by atoms with van der Waals surface area (Å²) in [5.41, 5.74) is 7.86. The summed E-state index contributed by atoms with van der Waals surface area (Å²) in [6.07, 6.45) is 7.27. The van der Waals surface area contributed by atoms with E-state index < -0.39 is 16.6 Å². The van der Waals surface area contributed by atoms with Gasteiger partial charge in [-0.3, -0.25) is 0 Å². The molecule has 2 aliphatic carbocycles. The van der Waals surface area contributed by atoms with Crippen LogP contribution in [0.5, 0.6) is 11.5 Å². The maximum atomic E-state index is 8.16. The van der Waals surface area contributed by atoms with E-state index in [1.165, 1.54) is 75.7 Å². The topological polar surface area (TPSA) is 18.5 Å². The molecule has 63 heavy (non-hydrogen) atoms. The Hall–Kier alpha value is -6.21. The first-order valence-electron chi connectivity index (χ1n) is 22.6. The zero-order valence-electron chi connectivity index (χ0n) is 37.4. The average molecular weight is 853 g/mol. The summed E-state index contributed by atoms with van der Waals surface area (Å²) in [5, 5.41) is 9.48. The number of benzene rings is 8. The van der Waals surface area contributed by atoms with Crippen molar-refractivity contribution >= 4 is 58.9 Å². The van der Waals surface area contributed by atoms with Gasteiger partial charge in [0.2, 0.25) is 0 Å². The highest BCUT2D eigenvalue weighted by Gasteiger charge is 2.54. The van der Waals surface area contributed by atoms with Gasteiger partial charge in [-0.2, -0.15) is 0 Å². The van der Waals surface area contributed by atoms with Crippen LogP contribution in [0.15, 0.2) is 205 Å². The van der Waals surface area contributed by atoms with Crippen molar-refractivity contribution in [3.8, 4) is 22.6 Å². The number of hydrogen-bond donors (Lipinski definition) is 0. The molecule has 4 heteroatoms. The third-order valence-corrected chi connectivity index (χ3v) is 23.6. The molecule has 0 aromatic heterocycles. The molecular formula is C59H56O2Si2. The maximum absolute atomic E-state index is 8.16. The molecule has 0 aliphatic heterocycles. The molecule has 0 spiro atoms. The van der Waals surface area contributed by atoms with Gasteiger partial charge in [0.1, 0.15) is 11.5 Å². The minimum absolute atomic E-state index is 0.212. The summed E-state index contributed by atoms with van der Waals surface area (Å²) < 4.78 is 16.3. The van der Waals surface area contributed by atoms with Crippen LogP contribution >= 0.6 is 0 Å². The van der Waals surface area contributed by atoms with E-state index in [9.17, 15) is 0 Å². The van der Waals surface area contributed by atoms with Crippen LogP contribution in [-0.4, -0.2) is 16.6 Å². The molecule has 0 atom stereocenters. The molecule has 8 aromatic carbocycles. The lowest BCUT2D eigenvalue weighted by molar-refractivity contribution is 0.503. The van der Waals surface area contributed by atoms with E-state index in [0.717, 1.165) is 30.8 Å². The van der Waals surface area contributed by atoms with Gasteiger partial charge in [-0.15, -0.1) is 0 Å². The molecule has 2 aliphatic rings. The highest BCUT2D eigenvalue weighted by molar-refractivity contribution is 7.00. The molecule has 0 saturated carbocycles. The summed E-state index contributed by atoms with van der Waals surface area (Å²) in [7, 11) is -6.07. The van der Waals surface area contributed by atoms with Gasteiger partial charge in [0.15, 0.2) is 0 Å². The second-order valence-electron chi connectivity index (χ2n) is 19.5. The SMILES string of the molecule is CC(C)(C)[Si](Oc1cc2ccccc2c2c1CC1=C(CC=C1)Cc1c(O[Si](c3ccccc3)(c3ccccc3)C(C)(C)C)cc3ccccc3c1-2)(c1ccccc1)c1ccccc1. The minimum Gasteiger partial charge on any atom is -0.534 e. The molecule has 0 saturated heterocycles. The smallest absolute Gasteiger partial charge is 0.319 e. The van der Waals surface area contributed by atoms with E-state index in [4.69, 9.17) is 8.85 Å². The first-order valence-corrected chi connectivity index (χ1v) is 26.4. The van der Waals surface area contributed by atoms with E-state index in [0.29, 0.717) is 0 Å². The first-order chi connectivity index (χ1) is 30.5.